The summed E-state index contributed by atoms with van der Waals surface area (Å²) in [7, 11) is 0. The maximum Gasteiger partial charge on any atom is 0.271 e. The van der Waals surface area contributed by atoms with Gasteiger partial charge in [0.05, 0.1) is 12.8 Å². The molecular weight excluding hydrogens is 330 g/mol. The average Bonchev–Trinajstić information content (AvgIpc) is 3.16. The minimum absolute atomic E-state index is 0.0381. The van der Waals surface area contributed by atoms with E-state index in [4.69, 9.17) is 4.42 Å². The fraction of sp³-hybridized carbons (Fsp3) is 0.250. The fourth-order valence-electron chi connectivity index (χ4n) is 2.62. The number of benzene rings is 1. The molecule has 2 heterocycles. The molecule has 0 fully saturated rings. The van der Waals surface area contributed by atoms with Crippen LogP contribution in [0.15, 0.2) is 70.1 Å². The molecule has 0 saturated heterocycles. The normalized spacial score (nSPS) is 11.9. The molecule has 3 rings (SSSR count). The van der Waals surface area contributed by atoms with Gasteiger partial charge < -0.3 is 9.73 Å². The van der Waals surface area contributed by atoms with Crippen LogP contribution in [-0.4, -0.2) is 21.7 Å². The zero-order chi connectivity index (χ0) is 18.4. The first kappa shape index (κ1) is 17.7. The highest BCUT2D eigenvalue weighted by Crippen LogP contribution is 2.06. The van der Waals surface area contributed by atoms with Crippen molar-refractivity contribution in [2.24, 2.45) is 0 Å². The Morgan fingerprint density at radius 1 is 1.15 bits per heavy atom. The maximum atomic E-state index is 12.4. The number of carbonyl (C=O) groups excluding carboxylic acids is 1. The molecule has 1 aromatic carbocycles. The van der Waals surface area contributed by atoms with Gasteiger partial charge in [-0.05, 0) is 37.1 Å². The molecule has 0 radical (unpaired) electrons. The van der Waals surface area contributed by atoms with Gasteiger partial charge in [0.2, 0.25) is 0 Å². The minimum atomic E-state index is -0.293. The molecule has 0 spiro atoms. The summed E-state index contributed by atoms with van der Waals surface area (Å²) in [6, 6.07) is 16.1. The number of hydrogen-bond acceptors (Lipinski definition) is 4. The van der Waals surface area contributed by atoms with Crippen LogP contribution in [0, 0.1) is 0 Å². The van der Waals surface area contributed by atoms with E-state index in [1.165, 1.54) is 16.8 Å². The van der Waals surface area contributed by atoms with Crippen molar-refractivity contribution in [2.75, 3.05) is 0 Å². The molecule has 0 saturated carbocycles. The van der Waals surface area contributed by atoms with Crippen LogP contribution in [0.25, 0.3) is 0 Å². The monoisotopic (exact) mass is 351 g/mol. The van der Waals surface area contributed by atoms with Gasteiger partial charge in [-0.3, -0.25) is 9.59 Å². The number of carbonyl (C=O) groups is 1. The SMILES string of the molecule is C[C@H](CCc1ccco1)NC(=O)c1ccc(=O)n(Cc2ccccc2)n1. The number of nitrogens with zero attached hydrogens (tertiary/aromatic N) is 2. The van der Waals surface area contributed by atoms with Gasteiger partial charge in [0.25, 0.3) is 11.5 Å². The molecule has 134 valence electrons. The van der Waals surface area contributed by atoms with E-state index in [1.807, 2.05) is 49.4 Å². The molecule has 6 nitrogen and oxygen atoms in total. The van der Waals surface area contributed by atoms with E-state index in [-0.39, 0.29) is 23.2 Å². The Kier molecular flexibility index (Phi) is 5.63. The Hall–Kier alpha value is -3.15. The third-order valence-corrected chi connectivity index (χ3v) is 4.06. The number of aromatic nitrogens is 2. The van der Waals surface area contributed by atoms with Crippen molar-refractivity contribution >= 4 is 5.91 Å². The molecule has 6 heteroatoms. The van der Waals surface area contributed by atoms with Crippen LogP contribution < -0.4 is 10.9 Å². The predicted octanol–water partition coefficient (Wildman–Crippen LogP) is 2.64. The van der Waals surface area contributed by atoms with Crippen molar-refractivity contribution in [2.45, 2.75) is 32.4 Å². The molecule has 0 aliphatic heterocycles. The van der Waals surface area contributed by atoms with Gasteiger partial charge in [-0.2, -0.15) is 5.10 Å². The van der Waals surface area contributed by atoms with Crippen molar-refractivity contribution in [1.82, 2.24) is 15.1 Å². The Bertz CT molecular complexity index is 902. The van der Waals surface area contributed by atoms with E-state index in [1.54, 1.807) is 6.26 Å². The van der Waals surface area contributed by atoms with E-state index >= 15 is 0 Å². The summed E-state index contributed by atoms with van der Waals surface area (Å²) in [5, 5.41) is 7.11. The highest BCUT2D eigenvalue weighted by Gasteiger charge is 2.13. The summed E-state index contributed by atoms with van der Waals surface area (Å²) >= 11 is 0. The maximum absolute atomic E-state index is 12.4. The molecule has 0 aliphatic rings. The third-order valence-electron chi connectivity index (χ3n) is 4.06. The second-order valence-corrected chi connectivity index (χ2v) is 6.19. The highest BCUT2D eigenvalue weighted by molar-refractivity contribution is 5.92. The van der Waals surface area contributed by atoms with Crippen LogP contribution in [0.3, 0.4) is 0 Å². The van der Waals surface area contributed by atoms with Gasteiger partial charge in [-0.15, -0.1) is 0 Å². The Morgan fingerprint density at radius 3 is 2.69 bits per heavy atom. The standard InChI is InChI=1S/C20H21N3O3/c1-15(9-10-17-8-5-13-26-17)21-20(25)18-11-12-19(24)23(22-18)14-16-6-3-2-4-7-16/h2-8,11-13,15H,9-10,14H2,1H3,(H,21,25)/t15-/m1/s1. The van der Waals surface area contributed by atoms with Crippen molar-refractivity contribution in [3.05, 3.63) is 88.2 Å². The fourth-order valence-corrected chi connectivity index (χ4v) is 2.62. The molecule has 1 amide bonds. The second-order valence-electron chi connectivity index (χ2n) is 6.19. The van der Waals surface area contributed by atoms with Gasteiger partial charge in [-0.1, -0.05) is 30.3 Å². The summed E-state index contributed by atoms with van der Waals surface area (Å²) in [5.41, 5.74) is 0.938. The van der Waals surface area contributed by atoms with Crippen LogP contribution >= 0.6 is 0 Å². The lowest BCUT2D eigenvalue weighted by atomic mass is 10.1. The largest absolute Gasteiger partial charge is 0.469 e. The number of rotatable bonds is 7. The number of amides is 1. The van der Waals surface area contributed by atoms with Crippen molar-refractivity contribution in [1.29, 1.82) is 0 Å². The van der Waals surface area contributed by atoms with E-state index in [2.05, 4.69) is 10.4 Å². The zero-order valence-electron chi connectivity index (χ0n) is 14.6. The Labute approximate surface area is 151 Å². The molecule has 0 aliphatic carbocycles. The summed E-state index contributed by atoms with van der Waals surface area (Å²) in [5.74, 6) is 0.597. The van der Waals surface area contributed by atoms with Crippen LogP contribution in [-0.2, 0) is 13.0 Å². The lowest BCUT2D eigenvalue weighted by Gasteiger charge is -2.13. The lowest BCUT2D eigenvalue weighted by Crippen LogP contribution is -2.35. The second kappa shape index (κ2) is 8.29. The highest BCUT2D eigenvalue weighted by atomic mass is 16.3. The van der Waals surface area contributed by atoms with Gasteiger partial charge in [0.1, 0.15) is 11.5 Å². The average molecular weight is 351 g/mol. The summed E-state index contributed by atoms with van der Waals surface area (Å²) in [6.45, 7) is 2.26. The first-order chi connectivity index (χ1) is 12.6. The number of hydrogen-bond donors (Lipinski definition) is 1. The smallest absolute Gasteiger partial charge is 0.271 e. The lowest BCUT2D eigenvalue weighted by molar-refractivity contribution is 0.0930. The van der Waals surface area contributed by atoms with E-state index in [0.29, 0.717) is 6.54 Å². The van der Waals surface area contributed by atoms with E-state index in [0.717, 1.165) is 24.2 Å². The zero-order valence-corrected chi connectivity index (χ0v) is 14.6. The first-order valence-electron chi connectivity index (χ1n) is 8.57. The summed E-state index contributed by atoms with van der Waals surface area (Å²) in [4.78, 5) is 24.4. The number of furan rings is 1. The van der Waals surface area contributed by atoms with Crippen LogP contribution in [0.5, 0.6) is 0 Å². The van der Waals surface area contributed by atoms with E-state index in [9.17, 15) is 9.59 Å². The van der Waals surface area contributed by atoms with Gasteiger partial charge in [0, 0.05) is 18.5 Å². The van der Waals surface area contributed by atoms with Crippen molar-refractivity contribution in [3.8, 4) is 0 Å². The molecule has 1 atom stereocenters. The minimum Gasteiger partial charge on any atom is -0.469 e. The number of aryl methyl sites for hydroxylation is 1. The summed E-state index contributed by atoms with van der Waals surface area (Å²) in [6.07, 6.45) is 3.14. The van der Waals surface area contributed by atoms with E-state index < -0.39 is 0 Å². The summed E-state index contributed by atoms with van der Waals surface area (Å²) < 4.78 is 6.60. The molecule has 0 unspecified atom stereocenters. The Morgan fingerprint density at radius 2 is 1.96 bits per heavy atom. The quantitative estimate of drug-likeness (QED) is 0.710. The van der Waals surface area contributed by atoms with Crippen molar-refractivity contribution in [3.63, 3.8) is 0 Å². The molecular formula is C20H21N3O3. The van der Waals surface area contributed by atoms with Crippen LogP contribution in [0.1, 0.15) is 35.2 Å². The van der Waals surface area contributed by atoms with Crippen molar-refractivity contribution < 1.29 is 9.21 Å². The topological polar surface area (TPSA) is 77.1 Å². The molecule has 1 N–H and O–H groups in total. The number of nitrogens with one attached hydrogen (secondary N) is 1. The molecule has 3 aromatic rings. The molecule has 0 bridgehead atoms. The molecule has 2 aromatic heterocycles. The predicted molar refractivity (Wildman–Crippen MR) is 98.0 cm³/mol. The van der Waals surface area contributed by atoms with Crippen LogP contribution in [0.2, 0.25) is 0 Å². The van der Waals surface area contributed by atoms with Crippen LogP contribution in [0.4, 0.5) is 0 Å². The van der Waals surface area contributed by atoms with Gasteiger partial charge >= 0.3 is 0 Å². The first-order valence-corrected chi connectivity index (χ1v) is 8.57. The third kappa shape index (κ3) is 4.69. The molecule has 26 heavy (non-hydrogen) atoms. The Balaban J connectivity index is 1.63. The van der Waals surface area contributed by atoms with Gasteiger partial charge in [0.15, 0.2) is 0 Å². The van der Waals surface area contributed by atoms with Gasteiger partial charge in [-0.25, -0.2) is 4.68 Å².